The SMILES string of the molecule is C[C@@H]1CC[C@H]2C(CBr)=C(C(F)(F)F)O[C@@H]3O[C@]4(C)CCC1[C@]32OO4.C[C@@H]1CC[C@H]2C(CS)=C(C(F)(F)F)O[C@@H]3O[C@]4(C)CCC1[C@]32OO4. The van der Waals surface area contributed by atoms with Crippen molar-refractivity contribution >= 4 is 28.6 Å². The van der Waals surface area contributed by atoms with E-state index in [1.807, 2.05) is 0 Å². The summed E-state index contributed by atoms with van der Waals surface area (Å²) in [4.78, 5) is 22.7. The summed E-state index contributed by atoms with van der Waals surface area (Å²) in [5.41, 5.74) is -1.68. The zero-order valence-corrected chi connectivity index (χ0v) is 29.5. The van der Waals surface area contributed by atoms with Crippen molar-refractivity contribution in [3.05, 3.63) is 22.7 Å². The molecule has 2 spiro atoms. The van der Waals surface area contributed by atoms with E-state index in [1.54, 1.807) is 13.8 Å². The Morgan fingerprint density at radius 2 is 1.08 bits per heavy atom. The summed E-state index contributed by atoms with van der Waals surface area (Å²) in [7, 11) is 0. The lowest BCUT2D eigenvalue weighted by Crippen LogP contribution is -2.67. The molecule has 16 heteroatoms. The first-order valence-electron chi connectivity index (χ1n) is 16.6. The summed E-state index contributed by atoms with van der Waals surface area (Å²) in [6.07, 6.45) is -5.78. The highest BCUT2D eigenvalue weighted by molar-refractivity contribution is 9.09. The van der Waals surface area contributed by atoms with E-state index in [-0.39, 0.29) is 34.1 Å². The predicted molar refractivity (Wildman–Crippen MR) is 162 cm³/mol. The summed E-state index contributed by atoms with van der Waals surface area (Å²) in [5, 5.41) is 0.0860. The molecule has 0 aromatic carbocycles. The number of alkyl halides is 7. The molecular formula is C32H41BrF6O8S. The number of halogens is 7. The fourth-order valence-electron chi connectivity index (χ4n) is 9.81. The van der Waals surface area contributed by atoms with E-state index in [4.69, 9.17) is 38.5 Å². The number of thiol groups is 1. The van der Waals surface area contributed by atoms with Crippen LogP contribution >= 0.6 is 28.6 Å². The van der Waals surface area contributed by atoms with Crippen molar-refractivity contribution in [1.82, 2.24) is 0 Å². The van der Waals surface area contributed by atoms with Crippen molar-refractivity contribution in [3.8, 4) is 0 Å². The molecule has 0 aromatic rings. The van der Waals surface area contributed by atoms with E-state index in [9.17, 15) is 26.3 Å². The monoisotopic (exact) mass is 778 g/mol. The number of hydrogen-bond donors (Lipinski definition) is 1. The molecular weight excluding hydrogens is 738 g/mol. The molecule has 48 heavy (non-hydrogen) atoms. The maximum Gasteiger partial charge on any atom is 0.449 e. The van der Waals surface area contributed by atoms with Crippen LogP contribution in [0.4, 0.5) is 26.3 Å². The van der Waals surface area contributed by atoms with E-state index in [2.05, 4.69) is 42.4 Å². The smallest absolute Gasteiger partial charge is 0.449 e. The second-order valence-corrected chi connectivity index (χ2v) is 15.8. The van der Waals surface area contributed by atoms with E-state index in [1.165, 1.54) is 0 Å². The third kappa shape index (κ3) is 5.30. The molecule has 2 unspecified atom stereocenters. The van der Waals surface area contributed by atoms with Crippen LogP contribution in [0.25, 0.3) is 0 Å². The number of rotatable bonds is 2. The van der Waals surface area contributed by atoms with Crippen LogP contribution < -0.4 is 0 Å². The zero-order valence-electron chi connectivity index (χ0n) is 27.0. The van der Waals surface area contributed by atoms with Crippen LogP contribution in [-0.2, 0) is 38.5 Å². The fourth-order valence-corrected chi connectivity index (χ4v) is 10.8. The molecule has 4 bridgehead atoms. The van der Waals surface area contributed by atoms with E-state index >= 15 is 0 Å². The van der Waals surface area contributed by atoms with Gasteiger partial charge in [-0.3, -0.25) is 0 Å². The summed E-state index contributed by atoms with van der Waals surface area (Å²) < 4.78 is 104. The highest BCUT2D eigenvalue weighted by Crippen LogP contribution is 2.63. The van der Waals surface area contributed by atoms with Gasteiger partial charge >= 0.3 is 12.4 Å². The molecule has 272 valence electrons. The first-order valence-corrected chi connectivity index (χ1v) is 18.4. The van der Waals surface area contributed by atoms with E-state index < -0.39 is 71.1 Å². The molecule has 8 nitrogen and oxygen atoms in total. The van der Waals surface area contributed by atoms with Gasteiger partial charge in [0.2, 0.25) is 35.7 Å². The Kier molecular flexibility index (Phi) is 8.83. The van der Waals surface area contributed by atoms with Crippen LogP contribution in [-0.4, -0.2) is 58.8 Å². The molecule has 2 aliphatic carbocycles. The fraction of sp³-hybridized carbons (Fsp3) is 0.875. The van der Waals surface area contributed by atoms with Crippen LogP contribution in [0.3, 0.4) is 0 Å². The second-order valence-electron chi connectivity index (χ2n) is 14.9. The summed E-state index contributed by atoms with van der Waals surface area (Å²) >= 11 is 7.38. The lowest BCUT2D eigenvalue weighted by Gasteiger charge is -2.57. The number of fused-ring (bicyclic) bond motifs is 4. The van der Waals surface area contributed by atoms with Gasteiger partial charge in [-0.2, -0.15) is 39.0 Å². The lowest BCUT2D eigenvalue weighted by atomic mass is 9.59. The largest absolute Gasteiger partial charge is 0.456 e. The number of ether oxygens (including phenoxy) is 4. The molecule has 8 aliphatic heterocycles. The molecule has 0 radical (unpaired) electrons. The molecule has 6 saturated heterocycles. The number of hydrogen-bond acceptors (Lipinski definition) is 9. The van der Waals surface area contributed by atoms with Crippen LogP contribution in [0.2, 0.25) is 0 Å². The standard InChI is InChI=1S/C16H20BrF3O4.C16H21F3O4S/c1-8-3-4-11-9(7-17)12(16(18,19)20)21-13-15(11)10(8)5-6-14(2,22-13)23-24-15;1-8-3-4-11-9(7-24)12(16(17,18)19)20-13-15(11)10(8)5-6-14(2,21-13)22-23-15/h8,10-11,13H,3-7H2,1-2H3;8,10-11,13,24H,3-7H2,1-2H3/t2*8-,10?,11+,13-,14+,15-/m11/s1. The Hall–Kier alpha value is -0.750. The maximum absolute atomic E-state index is 13.5. The highest BCUT2D eigenvalue weighted by Gasteiger charge is 2.71. The average Bonchev–Trinajstić information content (AvgIpc) is 3.39. The first kappa shape index (κ1) is 35.6. The van der Waals surface area contributed by atoms with Gasteiger partial charge in [0.25, 0.3) is 0 Å². The Morgan fingerprint density at radius 1 is 0.667 bits per heavy atom. The van der Waals surface area contributed by atoms with E-state index in [0.717, 1.165) is 25.7 Å². The Balaban J connectivity index is 0.000000152. The second kappa shape index (κ2) is 11.9. The van der Waals surface area contributed by atoms with Gasteiger partial charge in [-0.05, 0) is 75.4 Å². The molecule has 10 aliphatic rings. The van der Waals surface area contributed by atoms with Gasteiger partial charge in [0, 0.05) is 47.6 Å². The van der Waals surface area contributed by atoms with Crippen LogP contribution in [0, 0.1) is 35.5 Å². The molecule has 12 atom stereocenters. The Labute approximate surface area is 288 Å². The summed E-state index contributed by atoms with van der Waals surface area (Å²) in [6, 6.07) is 0. The molecule has 10 rings (SSSR count). The normalized spacial score (nSPS) is 47.9. The zero-order chi connectivity index (χ0) is 34.7. The highest BCUT2D eigenvalue weighted by atomic mass is 79.9. The Bertz CT molecular complexity index is 1260. The molecule has 8 fully saturated rings. The minimum atomic E-state index is -4.57. The minimum Gasteiger partial charge on any atom is -0.456 e. The quantitative estimate of drug-likeness (QED) is 0.130. The maximum atomic E-state index is 13.5. The van der Waals surface area contributed by atoms with Crippen LogP contribution in [0.15, 0.2) is 22.7 Å². The average molecular weight is 780 g/mol. The van der Waals surface area contributed by atoms with Gasteiger partial charge < -0.3 is 18.9 Å². The molecule has 0 N–H and O–H groups in total. The molecule has 2 saturated carbocycles. The third-order valence-corrected chi connectivity index (χ3v) is 13.1. The van der Waals surface area contributed by atoms with Crippen molar-refractivity contribution in [2.45, 2.75) is 127 Å². The van der Waals surface area contributed by atoms with Crippen LogP contribution in [0.1, 0.15) is 79.1 Å². The van der Waals surface area contributed by atoms with Gasteiger partial charge in [-0.25, -0.2) is 19.6 Å². The van der Waals surface area contributed by atoms with Gasteiger partial charge in [-0.15, -0.1) is 0 Å². The van der Waals surface area contributed by atoms with Gasteiger partial charge in [0.05, 0.1) is 0 Å². The van der Waals surface area contributed by atoms with Crippen molar-refractivity contribution < 1.29 is 64.8 Å². The van der Waals surface area contributed by atoms with Gasteiger partial charge in [0.15, 0.2) is 11.2 Å². The first-order chi connectivity index (χ1) is 22.4. The van der Waals surface area contributed by atoms with Crippen molar-refractivity contribution in [2.75, 3.05) is 11.1 Å². The third-order valence-electron chi connectivity index (χ3n) is 12.1. The van der Waals surface area contributed by atoms with Crippen molar-refractivity contribution in [1.29, 1.82) is 0 Å². The van der Waals surface area contributed by atoms with Crippen molar-refractivity contribution in [3.63, 3.8) is 0 Å². The molecule has 8 heterocycles. The lowest BCUT2D eigenvalue weighted by molar-refractivity contribution is -0.557. The predicted octanol–water partition coefficient (Wildman–Crippen LogP) is 8.42. The van der Waals surface area contributed by atoms with Gasteiger partial charge in [0.1, 0.15) is 0 Å². The number of allylic oxidation sites excluding steroid dienone is 2. The van der Waals surface area contributed by atoms with E-state index in [0.29, 0.717) is 37.5 Å². The molecule has 0 aromatic heterocycles. The van der Waals surface area contributed by atoms with Gasteiger partial charge in [-0.1, -0.05) is 29.8 Å². The minimum absolute atomic E-state index is 0.0234. The Morgan fingerprint density at radius 3 is 1.48 bits per heavy atom. The molecule has 0 amide bonds. The van der Waals surface area contributed by atoms with Crippen LogP contribution in [0.5, 0.6) is 0 Å². The van der Waals surface area contributed by atoms with Crippen molar-refractivity contribution in [2.24, 2.45) is 35.5 Å². The summed E-state index contributed by atoms with van der Waals surface area (Å²) in [6.45, 7) is 7.61. The summed E-state index contributed by atoms with van der Waals surface area (Å²) in [5.74, 6) is -4.31. The topological polar surface area (TPSA) is 73.8 Å².